The van der Waals surface area contributed by atoms with Crippen molar-refractivity contribution in [1.29, 1.82) is 0 Å². The van der Waals surface area contributed by atoms with Crippen LogP contribution >= 0.6 is 11.8 Å². The van der Waals surface area contributed by atoms with Crippen LogP contribution in [0.1, 0.15) is 5.76 Å². The van der Waals surface area contributed by atoms with E-state index in [1.54, 1.807) is 12.4 Å². The van der Waals surface area contributed by atoms with Crippen LogP contribution in [0.15, 0.2) is 98.5 Å². The molecule has 4 heteroatoms. The average Bonchev–Trinajstić information content (AvgIpc) is 3.08. The summed E-state index contributed by atoms with van der Waals surface area (Å²) < 4.78 is 5.80. The van der Waals surface area contributed by atoms with E-state index in [1.165, 1.54) is 17.1 Å². The zero-order valence-electron chi connectivity index (χ0n) is 12.8. The summed E-state index contributed by atoms with van der Waals surface area (Å²) in [6, 6.07) is 24.0. The fourth-order valence-corrected chi connectivity index (χ4v) is 3.16. The molecule has 116 valence electrons. The summed E-state index contributed by atoms with van der Waals surface area (Å²) in [5.74, 6) is 0.723. The Kier molecular flexibility index (Phi) is 4.13. The molecule has 0 aliphatic carbocycles. The predicted molar refractivity (Wildman–Crippen MR) is 98.3 cm³/mol. The van der Waals surface area contributed by atoms with Gasteiger partial charge >= 0.3 is 0 Å². The Balaban J connectivity index is 1.56. The fourth-order valence-electron chi connectivity index (χ4n) is 2.42. The number of benzene rings is 2. The second-order valence-corrected chi connectivity index (χ2v) is 6.21. The Bertz CT molecular complexity index is 987. The van der Waals surface area contributed by atoms with Crippen molar-refractivity contribution in [2.75, 3.05) is 0 Å². The van der Waals surface area contributed by atoms with Crippen LogP contribution in [0, 0.1) is 0 Å². The Morgan fingerprint density at radius 2 is 1.75 bits per heavy atom. The number of hydrogen-bond acceptors (Lipinski definition) is 4. The first-order valence-corrected chi connectivity index (χ1v) is 8.41. The standard InChI is InChI=1S/C20H14N2OS/c1-2-8-17-15(6-1)7-5-9-18(17)22-14-16-11-12-20(23-16)24-19-10-3-4-13-21-19/h1-14H. The van der Waals surface area contributed by atoms with Crippen LogP contribution in [0.5, 0.6) is 0 Å². The van der Waals surface area contributed by atoms with Crippen LogP contribution < -0.4 is 0 Å². The lowest BCUT2D eigenvalue weighted by Gasteiger charge is -2.00. The van der Waals surface area contributed by atoms with Gasteiger partial charge in [-0.15, -0.1) is 0 Å². The second kappa shape index (κ2) is 6.72. The smallest absolute Gasteiger partial charge is 0.167 e. The van der Waals surface area contributed by atoms with E-state index >= 15 is 0 Å². The zero-order chi connectivity index (χ0) is 16.2. The SMILES string of the molecule is C(=Nc1cccc2ccccc12)c1ccc(Sc2ccccn2)o1. The van der Waals surface area contributed by atoms with E-state index in [1.807, 2.05) is 54.6 Å². The Labute approximate surface area is 144 Å². The monoisotopic (exact) mass is 330 g/mol. The quantitative estimate of drug-likeness (QED) is 0.448. The van der Waals surface area contributed by atoms with Gasteiger partial charge in [-0.25, -0.2) is 4.98 Å². The van der Waals surface area contributed by atoms with Gasteiger partial charge in [-0.05, 0) is 47.5 Å². The molecule has 4 aromatic rings. The van der Waals surface area contributed by atoms with Crippen LogP contribution in [-0.4, -0.2) is 11.2 Å². The lowest BCUT2D eigenvalue weighted by Crippen LogP contribution is -1.77. The van der Waals surface area contributed by atoms with Gasteiger partial charge in [-0.2, -0.15) is 0 Å². The number of hydrogen-bond donors (Lipinski definition) is 0. The van der Waals surface area contributed by atoms with Gasteiger partial charge in [0.25, 0.3) is 0 Å². The Morgan fingerprint density at radius 1 is 0.875 bits per heavy atom. The molecule has 0 saturated carbocycles. The Morgan fingerprint density at radius 3 is 2.67 bits per heavy atom. The first-order valence-electron chi connectivity index (χ1n) is 7.59. The molecule has 0 N–H and O–H groups in total. The lowest BCUT2D eigenvalue weighted by molar-refractivity contribution is 0.469. The van der Waals surface area contributed by atoms with Crippen molar-refractivity contribution in [2.24, 2.45) is 4.99 Å². The van der Waals surface area contributed by atoms with E-state index in [-0.39, 0.29) is 0 Å². The fraction of sp³-hybridized carbons (Fsp3) is 0. The van der Waals surface area contributed by atoms with E-state index in [4.69, 9.17) is 4.42 Å². The molecule has 2 aromatic carbocycles. The number of nitrogens with zero attached hydrogens (tertiary/aromatic N) is 2. The van der Waals surface area contributed by atoms with Crippen LogP contribution in [0.3, 0.4) is 0 Å². The normalized spacial score (nSPS) is 11.3. The van der Waals surface area contributed by atoms with Crippen LogP contribution in [0.2, 0.25) is 0 Å². The van der Waals surface area contributed by atoms with Gasteiger partial charge in [-0.1, -0.05) is 42.5 Å². The molecular formula is C20H14N2OS. The minimum absolute atomic E-state index is 0.723. The van der Waals surface area contributed by atoms with Crippen molar-refractivity contribution in [3.8, 4) is 0 Å². The summed E-state index contributed by atoms with van der Waals surface area (Å²) in [5.41, 5.74) is 0.934. The molecule has 0 spiro atoms. The number of fused-ring (bicyclic) bond motifs is 1. The van der Waals surface area contributed by atoms with Crippen LogP contribution in [0.25, 0.3) is 10.8 Å². The highest BCUT2D eigenvalue weighted by Gasteiger charge is 2.04. The summed E-state index contributed by atoms with van der Waals surface area (Å²) in [7, 11) is 0. The molecule has 2 aromatic heterocycles. The van der Waals surface area contributed by atoms with Gasteiger partial charge in [0.15, 0.2) is 5.09 Å². The number of pyridine rings is 1. The molecule has 0 aliphatic rings. The molecule has 0 radical (unpaired) electrons. The highest BCUT2D eigenvalue weighted by atomic mass is 32.2. The largest absolute Gasteiger partial charge is 0.448 e. The third-order valence-electron chi connectivity index (χ3n) is 3.54. The van der Waals surface area contributed by atoms with E-state index < -0.39 is 0 Å². The summed E-state index contributed by atoms with van der Waals surface area (Å²) in [4.78, 5) is 8.86. The molecule has 0 unspecified atom stereocenters. The minimum atomic E-state index is 0.723. The third kappa shape index (κ3) is 3.24. The topological polar surface area (TPSA) is 38.4 Å². The van der Waals surface area contributed by atoms with Crippen molar-refractivity contribution < 1.29 is 4.42 Å². The molecule has 0 aliphatic heterocycles. The van der Waals surface area contributed by atoms with Gasteiger partial charge < -0.3 is 4.42 Å². The molecular weight excluding hydrogens is 316 g/mol. The summed E-state index contributed by atoms with van der Waals surface area (Å²) in [6.45, 7) is 0. The average molecular weight is 330 g/mol. The molecule has 4 rings (SSSR count). The first-order chi connectivity index (χ1) is 11.9. The number of aliphatic imine (C=N–C) groups is 1. The second-order valence-electron chi connectivity index (χ2n) is 5.18. The van der Waals surface area contributed by atoms with E-state index in [2.05, 4.69) is 28.2 Å². The van der Waals surface area contributed by atoms with Crippen molar-refractivity contribution >= 4 is 34.4 Å². The summed E-state index contributed by atoms with van der Waals surface area (Å²) in [5, 5.41) is 4.02. The van der Waals surface area contributed by atoms with Gasteiger partial charge in [0.2, 0.25) is 0 Å². The first kappa shape index (κ1) is 14.7. The maximum Gasteiger partial charge on any atom is 0.167 e. The van der Waals surface area contributed by atoms with Crippen LogP contribution in [0.4, 0.5) is 5.69 Å². The highest BCUT2D eigenvalue weighted by molar-refractivity contribution is 7.99. The molecule has 0 saturated heterocycles. The summed E-state index contributed by atoms with van der Waals surface area (Å²) in [6.07, 6.45) is 3.53. The molecule has 3 nitrogen and oxygen atoms in total. The van der Waals surface area contributed by atoms with Crippen molar-refractivity contribution in [3.63, 3.8) is 0 Å². The van der Waals surface area contributed by atoms with E-state index in [0.717, 1.165) is 27.0 Å². The van der Waals surface area contributed by atoms with Gasteiger partial charge in [0, 0.05) is 11.6 Å². The predicted octanol–water partition coefficient (Wildman–Crippen LogP) is 5.73. The lowest BCUT2D eigenvalue weighted by atomic mass is 10.1. The molecule has 0 fully saturated rings. The molecule has 2 heterocycles. The van der Waals surface area contributed by atoms with Crippen molar-refractivity contribution in [3.05, 3.63) is 84.8 Å². The van der Waals surface area contributed by atoms with Crippen molar-refractivity contribution in [2.45, 2.75) is 10.1 Å². The molecule has 0 atom stereocenters. The Hall–Kier alpha value is -2.85. The van der Waals surface area contributed by atoms with E-state index in [0.29, 0.717) is 0 Å². The highest BCUT2D eigenvalue weighted by Crippen LogP contribution is 2.28. The minimum Gasteiger partial charge on any atom is -0.448 e. The zero-order valence-corrected chi connectivity index (χ0v) is 13.6. The number of rotatable bonds is 4. The maximum absolute atomic E-state index is 5.80. The van der Waals surface area contributed by atoms with Crippen molar-refractivity contribution in [1.82, 2.24) is 4.98 Å². The third-order valence-corrected chi connectivity index (χ3v) is 4.41. The van der Waals surface area contributed by atoms with Gasteiger partial charge in [0.1, 0.15) is 10.8 Å². The maximum atomic E-state index is 5.80. The van der Waals surface area contributed by atoms with Gasteiger partial charge in [0.05, 0.1) is 11.9 Å². The molecule has 24 heavy (non-hydrogen) atoms. The number of aromatic nitrogens is 1. The van der Waals surface area contributed by atoms with E-state index in [9.17, 15) is 0 Å². The summed E-state index contributed by atoms with van der Waals surface area (Å²) >= 11 is 1.49. The number of furan rings is 1. The van der Waals surface area contributed by atoms with Gasteiger partial charge in [-0.3, -0.25) is 4.99 Å². The molecule has 0 bridgehead atoms. The molecule has 0 amide bonds. The van der Waals surface area contributed by atoms with Crippen LogP contribution in [-0.2, 0) is 0 Å².